The van der Waals surface area contributed by atoms with E-state index in [0.717, 1.165) is 0 Å². The van der Waals surface area contributed by atoms with E-state index < -0.39 is 20.1 Å². The zero-order valence-electron chi connectivity index (χ0n) is 12.3. The van der Waals surface area contributed by atoms with Gasteiger partial charge in [0.1, 0.15) is 5.75 Å². The lowest BCUT2D eigenvalue weighted by Crippen LogP contribution is -2.44. The third-order valence-electron chi connectivity index (χ3n) is 3.52. The second kappa shape index (κ2) is 5.33. The van der Waals surface area contributed by atoms with E-state index >= 15 is 0 Å². The molecule has 0 aromatic heterocycles. The van der Waals surface area contributed by atoms with E-state index in [4.69, 9.17) is 4.43 Å². The van der Waals surface area contributed by atoms with Gasteiger partial charge in [-0.3, -0.25) is 0 Å². The number of ether oxygens (including phenoxy) is 1. The largest absolute Gasteiger partial charge is 0.542 e. The number of esters is 1. The third-order valence-corrected chi connectivity index (χ3v) is 7.87. The molecule has 0 saturated carbocycles. The average Bonchev–Trinajstić information content (AvgIpc) is 2.29. The molecule has 0 fully saturated rings. The van der Waals surface area contributed by atoms with Crippen molar-refractivity contribution in [1.82, 2.24) is 0 Å². The summed E-state index contributed by atoms with van der Waals surface area (Å²) in [6.45, 7) is 10.3. The molecule has 0 amide bonds. The molecule has 0 unspecified atom stereocenters. The van der Waals surface area contributed by atoms with Crippen LogP contribution in [0.5, 0.6) is 5.75 Å². The molecule has 5 heteroatoms. The molecule has 0 aliphatic heterocycles. The number of halogens is 1. The van der Waals surface area contributed by atoms with Crippen molar-refractivity contribution in [2.45, 2.75) is 38.9 Å². The highest BCUT2D eigenvalue weighted by atomic mass is 28.4. The molecule has 0 bridgehead atoms. The number of benzene rings is 1. The van der Waals surface area contributed by atoms with Gasteiger partial charge in [0.15, 0.2) is 5.82 Å². The van der Waals surface area contributed by atoms with E-state index in [1.807, 2.05) is 13.1 Å². The molecule has 1 aromatic rings. The van der Waals surface area contributed by atoms with Crippen molar-refractivity contribution in [3.05, 3.63) is 29.6 Å². The molecule has 3 nitrogen and oxygen atoms in total. The van der Waals surface area contributed by atoms with Gasteiger partial charge in [-0.25, -0.2) is 9.18 Å². The minimum absolute atomic E-state index is 0.0410. The zero-order valence-corrected chi connectivity index (χ0v) is 13.3. The molecular formula is C14H21FO3Si. The number of carbonyl (C=O) groups excluding carboxylic acids is 1. The van der Waals surface area contributed by atoms with Gasteiger partial charge in [-0.05, 0) is 36.3 Å². The van der Waals surface area contributed by atoms with Crippen LogP contribution in [0.25, 0.3) is 0 Å². The average molecular weight is 284 g/mol. The highest BCUT2D eigenvalue weighted by Gasteiger charge is 2.39. The van der Waals surface area contributed by atoms with Crippen molar-refractivity contribution < 1.29 is 18.3 Å². The molecule has 0 saturated heterocycles. The Hall–Kier alpha value is -1.36. The molecule has 19 heavy (non-hydrogen) atoms. The van der Waals surface area contributed by atoms with Crippen molar-refractivity contribution in [3.8, 4) is 5.75 Å². The fourth-order valence-electron chi connectivity index (χ4n) is 1.25. The molecule has 0 spiro atoms. The lowest BCUT2D eigenvalue weighted by atomic mass is 10.2. The normalized spacial score (nSPS) is 12.2. The molecule has 1 aromatic carbocycles. The number of carbonyl (C=O) groups is 1. The first kappa shape index (κ1) is 15.7. The second-order valence-electron chi connectivity index (χ2n) is 6.00. The predicted octanol–water partition coefficient (Wildman–Crippen LogP) is 4.00. The Morgan fingerprint density at radius 3 is 2.32 bits per heavy atom. The number of methoxy groups -OCH3 is 1. The lowest BCUT2D eigenvalue weighted by molar-refractivity contribution is 0.0600. The van der Waals surface area contributed by atoms with Gasteiger partial charge in [0, 0.05) is 0 Å². The quantitative estimate of drug-likeness (QED) is 0.622. The van der Waals surface area contributed by atoms with Crippen LogP contribution < -0.4 is 4.43 Å². The van der Waals surface area contributed by atoms with Crippen LogP contribution in [-0.2, 0) is 4.74 Å². The Morgan fingerprint density at radius 1 is 1.26 bits per heavy atom. The van der Waals surface area contributed by atoms with Crippen molar-refractivity contribution in [3.63, 3.8) is 0 Å². The Bertz CT molecular complexity index is 478. The Labute approximate surface area is 114 Å². The van der Waals surface area contributed by atoms with Crippen LogP contribution in [0.4, 0.5) is 4.39 Å². The maximum Gasteiger partial charge on any atom is 0.337 e. The summed E-state index contributed by atoms with van der Waals surface area (Å²) in [5, 5.41) is -0.0410. The third kappa shape index (κ3) is 3.56. The van der Waals surface area contributed by atoms with Crippen LogP contribution in [0, 0.1) is 5.82 Å². The fourth-order valence-corrected chi connectivity index (χ4v) is 2.27. The summed E-state index contributed by atoms with van der Waals surface area (Å²) in [4.78, 5) is 11.5. The van der Waals surface area contributed by atoms with Crippen molar-refractivity contribution >= 4 is 14.3 Å². The molecule has 1 rings (SSSR count). The monoisotopic (exact) mass is 284 g/mol. The SMILES string of the molecule is COC(=O)c1ccc(F)c(O[Si](C)(C)C(C)(C)C)c1. The highest BCUT2D eigenvalue weighted by molar-refractivity contribution is 6.74. The Morgan fingerprint density at radius 2 is 1.84 bits per heavy atom. The molecule has 0 radical (unpaired) electrons. The van der Waals surface area contributed by atoms with Gasteiger partial charge in [-0.1, -0.05) is 20.8 Å². The van der Waals surface area contributed by atoms with Gasteiger partial charge in [-0.15, -0.1) is 0 Å². The highest BCUT2D eigenvalue weighted by Crippen LogP contribution is 2.38. The molecule has 0 N–H and O–H groups in total. The minimum Gasteiger partial charge on any atom is -0.542 e. The molecule has 0 aliphatic carbocycles. The molecule has 0 atom stereocenters. The van der Waals surface area contributed by atoms with Gasteiger partial charge in [0.05, 0.1) is 12.7 Å². The maximum atomic E-state index is 13.8. The van der Waals surface area contributed by atoms with Gasteiger partial charge in [-0.2, -0.15) is 0 Å². The maximum absolute atomic E-state index is 13.8. The summed E-state index contributed by atoms with van der Waals surface area (Å²) in [7, 11) is -0.845. The van der Waals surface area contributed by atoms with E-state index in [0.29, 0.717) is 0 Å². The van der Waals surface area contributed by atoms with Crippen LogP contribution in [0.15, 0.2) is 18.2 Å². The van der Waals surface area contributed by atoms with Crippen LogP contribution in [0.1, 0.15) is 31.1 Å². The van der Waals surface area contributed by atoms with E-state index in [1.54, 1.807) is 0 Å². The number of rotatable bonds is 3. The summed E-state index contributed by atoms with van der Waals surface area (Å²) < 4.78 is 24.3. The van der Waals surface area contributed by atoms with Crippen LogP contribution in [0.2, 0.25) is 18.1 Å². The molecule has 0 aliphatic rings. The van der Waals surface area contributed by atoms with E-state index in [-0.39, 0.29) is 16.4 Å². The van der Waals surface area contributed by atoms with Crippen LogP contribution in [-0.4, -0.2) is 21.4 Å². The van der Waals surface area contributed by atoms with E-state index in [1.165, 1.54) is 25.3 Å². The predicted molar refractivity (Wildman–Crippen MR) is 75.6 cm³/mol. The van der Waals surface area contributed by atoms with Gasteiger partial charge in [0.2, 0.25) is 0 Å². The molecule has 106 valence electrons. The first-order valence-electron chi connectivity index (χ1n) is 6.15. The van der Waals surface area contributed by atoms with Crippen molar-refractivity contribution in [2.75, 3.05) is 7.11 Å². The molecule has 0 heterocycles. The number of hydrogen-bond donors (Lipinski definition) is 0. The van der Waals surface area contributed by atoms with Crippen LogP contribution in [0.3, 0.4) is 0 Å². The van der Waals surface area contributed by atoms with Crippen LogP contribution >= 0.6 is 0 Å². The Kier molecular flexibility index (Phi) is 4.40. The summed E-state index contributed by atoms with van der Waals surface area (Å²) >= 11 is 0. The topological polar surface area (TPSA) is 35.5 Å². The zero-order chi connectivity index (χ0) is 14.8. The smallest absolute Gasteiger partial charge is 0.337 e. The first-order valence-corrected chi connectivity index (χ1v) is 9.06. The lowest BCUT2D eigenvalue weighted by Gasteiger charge is -2.36. The standard InChI is InChI=1S/C14H21FO3Si/c1-14(2,3)19(5,6)18-12-9-10(13(16)17-4)7-8-11(12)15/h7-9H,1-6H3. The van der Waals surface area contributed by atoms with Gasteiger partial charge < -0.3 is 9.16 Å². The summed E-state index contributed by atoms with van der Waals surface area (Å²) in [5.41, 5.74) is 0.289. The van der Waals surface area contributed by atoms with E-state index in [2.05, 4.69) is 25.5 Å². The molecular weight excluding hydrogens is 263 g/mol. The summed E-state index contributed by atoms with van der Waals surface area (Å²) in [6, 6.07) is 4.02. The van der Waals surface area contributed by atoms with Crippen molar-refractivity contribution in [1.29, 1.82) is 0 Å². The number of hydrogen-bond acceptors (Lipinski definition) is 3. The first-order chi connectivity index (χ1) is 8.58. The Balaban J connectivity index is 3.11. The van der Waals surface area contributed by atoms with Gasteiger partial charge >= 0.3 is 5.97 Å². The second-order valence-corrected chi connectivity index (χ2v) is 10.7. The fraction of sp³-hybridized carbons (Fsp3) is 0.500. The summed E-state index contributed by atoms with van der Waals surface area (Å²) in [5.74, 6) is -0.841. The van der Waals surface area contributed by atoms with Gasteiger partial charge in [0.25, 0.3) is 8.32 Å². The minimum atomic E-state index is -2.14. The summed E-state index contributed by atoms with van der Waals surface area (Å²) in [6.07, 6.45) is 0. The van der Waals surface area contributed by atoms with Crippen molar-refractivity contribution in [2.24, 2.45) is 0 Å². The van der Waals surface area contributed by atoms with E-state index in [9.17, 15) is 9.18 Å².